The van der Waals surface area contributed by atoms with Crippen LogP contribution in [0.25, 0.3) is 0 Å². The predicted octanol–water partition coefficient (Wildman–Crippen LogP) is 3.26. The number of halogens is 4. The van der Waals surface area contributed by atoms with Gasteiger partial charge in [0.15, 0.2) is 0 Å². The van der Waals surface area contributed by atoms with Crippen molar-refractivity contribution in [3.8, 4) is 0 Å². The lowest BCUT2D eigenvalue weighted by Crippen LogP contribution is -2.25. The molecule has 7 heteroatoms. The minimum Gasteiger partial charge on any atom is -0.468 e. The smallest absolute Gasteiger partial charge is 0.416 e. The van der Waals surface area contributed by atoms with E-state index in [1.165, 1.54) is 6.26 Å². The number of hydrogen-bond donors (Lipinski definition) is 2. The molecular weight excluding hydrogens is 290 g/mol. The van der Waals surface area contributed by atoms with Crippen molar-refractivity contribution in [1.29, 1.82) is 0 Å². The molecule has 0 amide bonds. The molecule has 0 saturated carbocycles. The van der Waals surface area contributed by atoms with Gasteiger partial charge in [0.2, 0.25) is 0 Å². The summed E-state index contributed by atoms with van der Waals surface area (Å²) in [4.78, 5) is 0. The van der Waals surface area contributed by atoms with Crippen LogP contribution in [0.4, 0.5) is 17.6 Å². The monoisotopic (exact) mass is 303 g/mol. The van der Waals surface area contributed by atoms with Gasteiger partial charge in [0.05, 0.1) is 24.5 Å². The summed E-state index contributed by atoms with van der Waals surface area (Å²) in [6, 6.07) is 5.07. The van der Waals surface area contributed by atoms with Crippen LogP contribution in [0.15, 0.2) is 41.0 Å². The summed E-state index contributed by atoms with van der Waals surface area (Å²) in [5.41, 5.74) is -1.14. The third kappa shape index (κ3) is 3.83. The molecule has 0 fully saturated rings. The van der Waals surface area contributed by atoms with E-state index in [1.807, 2.05) is 0 Å². The van der Waals surface area contributed by atoms with Gasteiger partial charge in [-0.25, -0.2) is 4.39 Å². The van der Waals surface area contributed by atoms with Crippen molar-refractivity contribution < 1.29 is 27.1 Å². The minimum absolute atomic E-state index is 0.103. The summed E-state index contributed by atoms with van der Waals surface area (Å²) in [5, 5.41) is 12.0. The van der Waals surface area contributed by atoms with Crippen LogP contribution >= 0.6 is 0 Å². The molecule has 0 spiro atoms. The SMILES string of the molecule is OC[C@H](NCc1ccc(F)cc1C(F)(F)F)c1ccco1. The van der Waals surface area contributed by atoms with Crippen LogP contribution in [0, 0.1) is 5.82 Å². The molecule has 1 atom stereocenters. The van der Waals surface area contributed by atoms with Crippen LogP contribution in [-0.4, -0.2) is 11.7 Å². The Morgan fingerprint density at radius 2 is 2.00 bits per heavy atom. The second-order valence-corrected chi connectivity index (χ2v) is 4.43. The lowest BCUT2D eigenvalue weighted by Gasteiger charge is -2.17. The first-order valence-electron chi connectivity index (χ1n) is 6.15. The average molecular weight is 303 g/mol. The molecule has 0 radical (unpaired) electrons. The van der Waals surface area contributed by atoms with Crippen molar-refractivity contribution in [2.75, 3.05) is 6.61 Å². The Balaban J connectivity index is 2.16. The van der Waals surface area contributed by atoms with Crippen LogP contribution in [0.1, 0.15) is 22.9 Å². The van der Waals surface area contributed by atoms with Gasteiger partial charge in [-0.15, -0.1) is 0 Å². The second-order valence-electron chi connectivity index (χ2n) is 4.43. The fourth-order valence-electron chi connectivity index (χ4n) is 1.94. The Morgan fingerprint density at radius 3 is 2.57 bits per heavy atom. The van der Waals surface area contributed by atoms with Crippen molar-refractivity contribution in [3.63, 3.8) is 0 Å². The zero-order valence-corrected chi connectivity index (χ0v) is 10.8. The molecule has 2 N–H and O–H groups in total. The molecule has 0 aliphatic carbocycles. The van der Waals surface area contributed by atoms with Gasteiger partial charge in [-0.2, -0.15) is 13.2 Å². The molecule has 3 nitrogen and oxygen atoms in total. The first-order chi connectivity index (χ1) is 9.91. The van der Waals surface area contributed by atoms with E-state index in [0.29, 0.717) is 11.8 Å². The highest BCUT2D eigenvalue weighted by atomic mass is 19.4. The maximum Gasteiger partial charge on any atom is 0.416 e. The van der Waals surface area contributed by atoms with Crippen LogP contribution < -0.4 is 5.32 Å². The van der Waals surface area contributed by atoms with E-state index in [9.17, 15) is 22.7 Å². The van der Waals surface area contributed by atoms with Crippen molar-refractivity contribution in [2.24, 2.45) is 0 Å². The number of hydrogen-bond acceptors (Lipinski definition) is 3. The van der Waals surface area contributed by atoms with Crippen LogP contribution in [0.3, 0.4) is 0 Å². The highest BCUT2D eigenvalue weighted by molar-refractivity contribution is 5.30. The number of nitrogens with one attached hydrogen (secondary N) is 1. The highest BCUT2D eigenvalue weighted by Crippen LogP contribution is 2.32. The normalized spacial score (nSPS) is 13.4. The second kappa shape index (κ2) is 6.28. The van der Waals surface area contributed by atoms with Crippen molar-refractivity contribution in [3.05, 3.63) is 59.3 Å². The van der Waals surface area contributed by atoms with Crippen molar-refractivity contribution in [1.82, 2.24) is 5.32 Å². The van der Waals surface area contributed by atoms with Crippen LogP contribution in [0.2, 0.25) is 0 Å². The molecule has 0 unspecified atom stereocenters. The van der Waals surface area contributed by atoms with E-state index in [2.05, 4.69) is 5.32 Å². The van der Waals surface area contributed by atoms with Gasteiger partial charge in [0.1, 0.15) is 11.6 Å². The number of alkyl halides is 3. The van der Waals surface area contributed by atoms with E-state index in [-0.39, 0.29) is 18.7 Å². The first-order valence-corrected chi connectivity index (χ1v) is 6.15. The maximum atomic E-state index is 13.0. The maximum absolute atomic E-state index is 13.0. The molecule has 1 aromatic heterocycles. The predicted molar refractivity (Wildman–Crippen MR) is 66.8 cm³/mol. The standard InChI is InChI=1S/C14H13F4NO2/c15-10-4-3-9(11(6-10)14(16,17)18)7-19-12(8-20)13-2-1-5-21-13/h1-6,12,19-20H,7-8H2/t12-/m0/s1. The Morgan fingerprint density at radius 1 is 1.24 bits per heavy atom. The third-order valence-electron chi connectivity index (χ3n) is 2.99. The first kappa shape index (κ1) is 15.5. The van der Waals surface area contributed by atoms with Gasteiger partial charge < -0.3 is 14.8 Å². The summed E-state index contributed by atoms with van der Waals surface area (Å²) in [5.74, 6) is -0.538. The lowest BCUT2D eigenvalue weighted by molar-refractivity contribution is -0.138. The third-order valence-corrected chi connectivity index (χ3v) is 2.99. The van der Waals surface area contributed by atoms with Crippen LogP contribution in [0.5, 0.6) is 0 Å². The summed E-state index contributed by atoms with van der Waals surface area (Å²) < 4.78 is 56.6. The molecular formula is C14H13F4NO2. The quantitative estimate of drug-likeness (QED) is 0.833. The van der Waals surface area contributed by atoms with E-state index in [0.717, 1.165) is 12.1 Å². The number of aliphatic hydroxyl groups is 1. The lowest BCUT2D eigenvalue weighted by atomic mass is 10.1. The van der Waals surface area contributed by atoms with Gasteiger partial charge >= 0.3 is 6.18 Å². The van der Waals surface area contributed by atoms with E-state index >= 15 is 0 Å². The van der Waals surface area contributed by atoms with E-state index < -0.39 is 23.6 Å². The van der Waals surface area contributed by atoms with Gasteiger partial charge in [0.25, 0.3) is 0 Å². The summed E-state index contributed by atoms with van der Waals surface area (Å²) in [6.45, 7) is -0.517. The molecule has 1 heterocycles. The van der Waals surface area contributed by atoms with Gasteiger partial charge in [-0.1, -0.05) is 6.07 Å². The highest BCUT2D eigenvalue weighted by Gasteiger charge is 2.33. The molecule has 114 valence electrons. The molecule has 2 rings (SSSR count). The average Bonchev–Trinajstić information content (AvgIpc) is 2.94. The van der Waals surface area contributed by atoms with Crippen molar-refractivity contribution >= 4 is 0 Å². The topological polar surface area (TPSA) is 45.4 Å². The number of furan rings is 1. The number of aliphatic hydroxyl groups excluding tert-OH is 1. The zero-order chi connectivity index (χ0) is 15.5. The van der Waals surface area contributed by atoms with E-state index in [4.69, 9.17) is 4.42 Å². The fourth-order valence-corrected chi connectivity index (χ4v) is 1.94. The molecule has 0 aliphatic heterocycles. The summed E-state index contributed by atoms with van der Waals surface area (Å²) in [6.07, 6.45) is -3.24. The molecule has 2 aromatic rings. The molecule has 1 aromatic carbocycles. The Labute approximate surface area is 118 Å². The largest absolute Gasteiger partial charge is 0.468 e. The molecule has 0 saturated heterocycles. The molecule has 0 aliphatic rings. The van der Waals surface area contributed by atoms with Gasteiger partial charge in [0, 0.05) is 6.54 Å². The van der Waals surface area contributed by atoms with Gasteiger partial charge in [-0.3, -0.25) is 0 Å². The number of rotatable bonds is 5. The summed E-state index contributed by atoms with van der Waals surface area (Å²) in [7, 11) is 0. The minimum atomic E-state index is -4.64. The Hall–Kier alpha value is -1.86. The Kier molecular flexibility index (Phi) is 4.64. The molecule has 0 bridgehead atoms. The summed E-state index contributed by atoms with van der Waals surface area (Å²) >= 11 is 0. The van der Waals surface area contributed by atoms with Gasteiger partial charge in [-0.05, 0) is 29.8 Å². The number of benzene rings is 1. The fraction of sp³-hybridized carbons (Fsp3) is 0.286. The van der Waals surface area contributed by atoms with Crippen molar-refractivity contribution in [2.45, 2.75) is 18.8 Å². The van der Waals surface area contributed by atoms with E-state index in [1.54, 1.807) is 12.1 Å². The molecule has 21 heavy (non-hydrogen) atoms. The zero-order valence-electron chi connectivity index (χ0n) is 10.8. The van der Waals surface area contributed by atoms with Crippen LogP contribution in [-0.2, 0) is 12.7 Å². The Bertz CT molecular complexity index is 581.